The van der Waals surface area contributed by atoms with E-state index in [2.05, 4.69) is 15.9 Å². The molecule has 0 unspecified atom stereocenters. The minimum Gasteiger partial charge on any atom is -0.506 e. The number of phenolic OH excluding ortho intramolecular Hbond substituents is 1. The van der Waals surface area contributed by atoms with Crippen molar-refractivity contribution in [2.75, 3.05) is 6.61 Å². The lowest BCUT2D eigenvalue weighted by molar-refractivity contribution is 0.265. The summed E-state index contributed by atoms with van der Waals surface area (Å²) in [7, 11) is 0. The fraction of sp³-hybridized carbons (Fsp3) is 0.222. The maximum absolute atomic E-state index is 9.57. The van der Waals surface area contributed by atoms with Crippen LogP contribution in [-0.4, -0.2) is 16.8 Å². The van der Waals surface area contributed by atoms with Gasteiger partial charge in [0.15, 0.2) is 0 Å². The van der Waals surface area contributed by atoms with Crippen molar-refractivity contribution >= 4 is 28.3 Å². The van der Waals surface area contributed by atoms with Crippen LogP contribution in [0.1, 0.15) is 17.2 Å². The number of rotatable bonds is 2. The van der Waals surface area contributed by atoms with E-state index in [4.69, 9.17) is 16.1 Å². The second-order valence-corrected chi connectivity index (χ2v) is 3.65. The number of hydrogen-bond acceptors (Lipinski definition) is 4. The van der Waals surface area contributed by atoms with Crippen LogP contribution in [0.5, 0.6) is 5.75 Å². The maximum atomic E-state index is 9.57. The number of hydrogen-bond donors (Lipinski definition) is 3. The van der Waals surface area contributed by atoms with E-state index >= 15 is 0 Å². The fourth-order valence-electron chi connectivity index (χ4n) is 1.07. The Morgan fingerprint density at radius 2 is 2.13 bits per heavy atom. The lowest BCUT2D eigenvalue weighted by Gasteiger charge is -2.12. The SMILES string of the molecule is Cl.N#Cc1cc(Br)c(O)c([C@H](N)CO)c1. The number of aliphatic hydroxyl groups excluding tert-OH is 1. The van der Waals surface area contributed by atoms with Crippen LogP contribution < -0.4 is 5.73 Å². The summed E-state index contributed by atoms with van der Waals surface area (Å²) >= 11 is 3.10. The average Bonchev–Trinajstić information content (AvgIpc) is 2.20. The molecule has 0 heterocycles. The zero-order valence-corrected chi connectivity index (χ0v) is 10.0. The lowest BCUT2D eigenvalue weighted by atomic mass is 10.0. The largest absolute Gasteiger partial charge is 0.506 e. The molecule has 0 saturated heterocycles. The normalized spacial score (nSPS) is 11.3. The molecule has 0 aliphatic heterocycles. The zero-order valence-electron chi connectivity index (χ0n) is 7.64. The van der Waals surface area contributed by atoms with E-state index in [-0.39, 0.29) is 24.8 Å². The van der Waals surface area contributed by atoms with Gasteiger partial charge < -0.3 is 15.9 Å². The molecular weight excluding hydrogens is 283 g/mol. The molecule has 0 aliphatic carbocycles. The van der Waals surface area contributed by atoms with E-state index < -0.39 is 6.04 Å². The molecule has 4 nitrogen and oxygen atoms in total. The minimum absolute atomic E-state index is 0. The molecule has 82 valence electrons. The van der Waals surface area contributed by atoms with Gasteiger partial charge in [0.25, 0.3) is 0 Å². The third kappa shape index (κ3) is 3.08. The van der Waals surface area contributed by atoms with Gasteiger partial charge in [-0.1, -0.05) is 0 Å². The van der Waals surface area contributed by atoms with Crippen LogP contribution in [-0.2, 0) is 0 Å². The molecule has 4 N–H and O–H groups in total. The third-order valence-corrected chi connectivity index (χ3v) is 2.42. The Balaban J connectivity index is 0.00000196. The summed E-state index contributed by atoms with van der Waals surface area (Å²) in [5.74, 6) is -0.0365. The summed E-state index contributed by atoms with van der Waals surface area (Å²) in [4.78, 5) is 0. The standard InChI is InChI=1S/C9H9BrN2O2.ClH/c10-7-2-5(3-11)1-6(9(7)14)8(12)4-13;/h1-2,8,13-14H,4,12H2;1H/t8-;/m1./s1. The molecular formula is C9H10BrClN2O2. The van der Waals surface area contributed by atoms with Gasteiger partial charge in [-0.2, -0.15) is 5.26 Å². The van der Waals surface area contributed by atoms with Crippen molar-refractivity contribution in [3.8, 4) is 11.8 Å². The van der Waals surface area contributed by atoms with Gasteiger partial charge in [0, 0.05) is 5.56 Å². The molecule has 1 aromatic rings. The molecule has 6 heteroatoms. The van der Waals surface area contributed by atoms with Gasteiger partial charge in [-0.15, -0.1) is 12.4 Å². The van der Waals surface area contributed by atoms with E-state index in [9.17, 15) is 5.11 Å². The van der Waals surface area contributed by atoms with E-state index in [1.165, 1.54) is 12.1 Å². The highest BCUT2D eigenvalue weighted by molar-refractivity contribution is 9.10. The first kappa shape index (κ1) is 14.2. The predicted molar refractivity (Wildman–Crippen MR) is 61.8 cm³/mol. The highest BCUT2D eigenvalue weighted by Crippen LogP contribution is 2.32. The number of aromatic hydroxyl groups is 1. The topological polar surface area (TPSA) is 90.3 Å². The predicted octanol–water partition coefficient (Wildman–Crippen LogP) is 1.44. The quantitative estimate of drug-likeness (QED) is 0.769. The Morgan fingerprint density at radius 3 is 2.60 bits per heavy atom. The third-order valence-electron chi connectivity index (χ3n) is 1.82. The smallest absolute Gasteiger partial charge is 0.134 e. The van der Waals surface area contributed by atoms with Crippen LogP contribution >= 0.6 is 28.3 Å². The van der Waals surface area contributed by atoms with Gasteiger partial charge in [-0.05, 0) is 28.1 Å². The number of nitriles is 1. The number of benzene rings is 1. The highest BCUT2D eigenvalue weighted by Gasteiger charge is 2.13. The number of phenols is 1. The summed E-state index contributed by atoms with van der Waals surface area (Å²) in [5, 5.41) is 27.1. The van der Waals surface area contributed by atoms with Crippen LogP contribution in [0.25, 0.3) is 0 Å². The van der Waals surface area contributed by atoms with Crippen LogP contribution in [0.3, 0.4) is 0 Å². The first-order valence-electron chi connectivity index (χ1n) is 3.89. The monoisotopic (exact) mass is 292 g/mol. The molecule has 0 fully saturated rings. The first-order valence-corrected chi connectivity index (χ1v) is 4.68. The molecule has 0 radical (unpaired) electrons. The molecule has 0 bridgehead atoms. The van der Waals surface area contributed by atoms with E-state index in [0.29, 0.717) is 15.6 Å². The molecule has 1 atom stereocenters. The average molecular weight is 294 g/mol. The van der Waals surface area contributed by atoms with Crippen molar-refractivity contribution in [1.82, 2.24) is 0 Å². The Kier molecular flexibility index (Phi) is 5.61. The molecule has 0 saturated carbocycles. The molecule has 1 rings (SSSR count). The van der Waals surface area contributed by atoms with Crippen LogP contribution in [0.4, 0.5) is 0 Å². The fourth-order valence-corrected chi connectivity index (χ4v) is 1.54. The summed E-state index contributed by atoms with van der Waals surface area (Å²) in [6, 6.07) is 4.20. The van der Waals surface area contributed by atoms with E-state index in [1.807, 2.05) is 6.07 Å². The molecule has 15 heavy (non-hydrogen) atoms. The molecule has 0 amide bonds. The van der Waals surface area contributed by atoms with Gasteiger partial charge in [0.05, 0.1) is 28.8 Å². The second-order valence-electron chi connectivity index (χ2n) is 2.80. The van der Waals surface area contributed by atoms with Gasteiger partial charge in [-0.25, -0.2) is 0 Å². The van der Waals surface area contributed by atoms with Crippen molar-refractivity contribution in [3.63, 3.8) is 0 Å². The van der Waals surface area contributed by atoms with Crippen molar-refractivity contribution < 1.29 is 10.2 Å². The van der Waals surface area contributed by atoms with E-state index in [0.717, 1.165) is 0 Å². The number of halogens is 2. The van der Waals surface area contributed by atoms with Crippen LogP contribution in [0.2, 0.25) is 0 Å². The minimum atomic E-state index is -0.681. The summed E-state index contributed by atoms with van der Waals surface area (Å²) < 4.78 is 0.399. The van der Waals surface area contributed by atoms with Crippen molar-refractivity contribution in [2.45, 2.75) is 6.04 Å². The number of nitrogens with zero attached hydrogens (tertiary/aromatic N) is 1. The molecule has 1 aromatic carbocycles. The molecule has 0 spiro atoms. The van der Waals surface area contributed by atoms with E-state index in [1.54, 1.807) is 0 Å². The van der Waals surface area contributed by atoms with Crippen LogP contribution in [0.15, 0.2) is 16.6 Å². The Labute approximate surface area is 102 Å². The number of aliphatic hydroxyl groups is 1. The first-order chi connectivity index (χ1) is 6.60. The lowest BCUT2D eigenvalue weighted by Crippen LogP contribution is -2.14. The van der Waals surface area contributed by atoms with Gasteiger partial charge >= 0.3 is 0 Å². The zero-order chi connectivity index (χ0) is 10.7. The second kappa shape index (κ2) is 5.93. The Bertz CT molecular complexity index is 392. The van der Waals surface area contributed by atoms with Crippen LogP contribution in [0, 0.1) is 11.3 Å². The summed E-state index contributed by atoms with van der Waals surface area (Å²) in [5.41, 5.74) is 6.29. The molecule has 0 aromatic heterocycles. The highest BCUT2D eigenvalue weighted by atomic mass is 79.9. The molecule has 0 aliphatic rings. The van der Waals surface area contributed by atoms with Crippen molar-refractivity contribution in [2.24, 2.45) is 5.73 Å². The van der Waals surface area contributed by atoms with Gasteiger partial charge in [0.1, 0.15) is 5.75 Å². The summed E-state index contributed by atoms with van der Waals surface area (Å²) in [6.07, 6.45) is 0. The Hall–Kier alpha value is -0.800. The van der Waals surface area contributed by atoms with Crippen molar-refractivity contribution in [3.05, 3.63) is 27.7 Å². The van der Waals surface area contributed by atoms with Gasteiger partial charge in [-0.3, -0.25) is 0 Å². The summed E-state index contributed by atoms with van der Waals surface area (Å²) in [6.45, 7) is -0.283. The van der Waals surface area contributed by atoms with Crippen molar-refractivity contribution in [1.29, 1.82) is 5.26 Å². The maximum Gasteiger partial charge on any atom is 0.134 e. The van der Waals surface area contributed by atoms with Gasteiger partial charge in [0.2, 0.25) is 0 Å². The number of nitrogens with two attached hydrogens (primary N) is 1. The Morgan fingerprint density at radius 1 is 1.53 bits per heavy atom.